The van der Waals surface area contributed by atoms with E-state index in [-0.39, 0.29) is 11.5 Å². The van der Waals surface area contributed by atoms with Gasteiger partial charge in [-0.2, -0.15) is 0 Å². The highest BCUT2D eigenvalue weighted by Gasteiger charge is 2.17. The van der Waals surface area contributed by atoms with Crippen LogP contribution >= 0.6 is 11.6 Å². The third kappa shape index (κ3) is 4.21. The zero-order valence-corrected chi connectivity index (χ0v) is 17.0. The van der Waals surface area contributed by atoms with Crippen molar-refractivity contribution < 1.29 is 9.53 Å². The van der Waals surface area contributed by atoms with E-state index in [2.05, 4.69) is 5.32 Å². The van der Waals surface area contributed by atoms with Gasteiger partial charge in [-0.3, -0.25) is 9.59 Å². The minimum absolute atomic E-state index is 0.0429. The van der Waals surface area contributed by atoms with Gasteiger partial charge in [0.15, 0.2) is 0 Å². The van der Waals surface area contributed by atoms with Gasteiger partial charge in [0.1, 0.15) is 0 Å². The molecule has 0 aliphatic carbocycles. The van der Waals surface area contributed by atoms with Gasteiger partial charge in [-0.1, -0.05) is 29.3 Å². The third-order valence-corrected chi connectivity index (χ3v) is 5.76. The number of aryl methyl sites for hydroxylation is 1. The van der Waals surface area contributed by atoms with Gasteiger partial charge in [0.05, 0.1) is 10.6 Å². The number of benzene rings is 2. The van der Waals surface area contributed by atoms with Gasteiger partial charge in [0.25, 0.3) is 11.5 Å². The van der Waals surface area contributed by atoms with Crippen LogP contribution in [0.15, 0.2) is 53.5 Å². The highest BCUT2D eigenvalue weighted by Crippen LogP contribution is 2.24. The minimum Gasteiger partial charge on any atom is -0.381 e. The van der Waals surface area contributed by atoms with Crippen molar-refractivity contribution in [2.24, 2.45) is 5.92 Å². The number of nitrogens with one attached hydrogen (secondary N) is 1. The lowest BCUT2D eigenvalue weighted by atomic mass is 10.00. The maximum Gasteiger partial charge on any atom is 0.258 e. The van der Waals surface area contributed by atoms with E-state index in [4.69, 9.17) is 16.3 Å². The van der Waals surface area contributed by atoms with Crippen LogP contribution in [-0.2, 0) is 11.3 Å². The summed E-state index contributed by atoms with van der Waals surface area (Å²) in [7, 11) is 0. The largest absolute Gasteiger partial charge is 0.381 e. The Bertz CT molecular complexity index is 1120. The SMILES string of the molecule is Cc1ccc(Cl)c(C(=O)Nc2cccc3c(=O)n(CC4CCOCC4)ccc23)c1. The molecule has 6 heteroatoms. The third-order valence-electron chi connectivity index (χ3n) is 5.43. The first-order valence-corrected chi connectivity index (χ1v) is 10.2. The van der Waals surface area contributed by atoms with Crippen LogP contribution in [0.2, 0.25) is 5.02 Å². The number of carbonyl (C=O) groups is 1. The zero-order chi connectivity index (χ0) is 20.4. The number of ether oxygens (including phenoxy) is 1. The molecule has 1 saturated heterocycles. The quantitative estimate of drug-likeness (QED) is 0.681. The second-order valence-corrected chi connectivity index (χ2v) is 7.94. The number of rotatable bonds is 4. The van der Waals surface area contributed by atoms with Crippen molar-refractivity contribution >= 4 is 34.0 Å². The fraction of sp³-hybridized carbons (Fsp3) is 0.304. The molecule has 29 heavy (non-hydrogen) atoms. The van der Waals surface area contributed by atoms with Crippen molar-refractivity contribution in [2.75, 3.05) is 18.5 Å². The van der Waals surface area contributed by atoms with Crippen molar-refractivity contribution in [3.05, 3.63) is 75.2 Å². The van der Waals surface area contributed by atoms with Crippen LogP contribution in [0.1, 0.15) is 28.8 Å². The Hall–Kier alpha value is -2.63. The summed E-state index contributed by atoms with van der Waals surface area (Å²) in [4.78, 5) is 25.8. The summed E-state index contributed by atoms with van der Waals surface area (Å²) in [6.07, 6.45) is 3.76. The van der Waals surface area contributed by atoms with E-state index in [1.54, 1.807) is 34.9 Å². The molecule has 1 aliphatic heterocycles. The summed E-state index contributed by atoms with van der Waals surface area (Å²) in [6, 6.07) is 12.6. The highest BCUT2D eigenvalue weighted by molar-refractivity contribution is 6.34. The van der Waals surface area contributed by atoms with Gasteiger partial charge in [-0.05, 0) is 56.0 Å². The molecule has 1 aromatic heterocycles. The van der Waals surface area contributed by atoms with E-state index >= 15 is 0 Å². The van der Waals surface area contributed by atoms with Gasteiger partial charge in [0.2, 0.25) is 0 Å². The molecule has 1 amide bonds. The first-order chi connectivity index (χ1) is 14.0. The van der Waals surface area contributed by atoms with E-state index in [9.17, 15) is 9.59 Å². The molecular formula is C23H23ClN2O3. The molecule has 0 spiro atoms. The number of hydrogen-bond donors (Lipinski definition) is 1. The Balaban J connectivity index is 1.64. The van der Waals surface area contributed by atoms with Gasteiger partial charge in [-0.15, -0.1) is 0 Å². The number of hydrogen-bond acceptors (Lipinski definition) is 3. The van der Waals surface area contributed by atoms with Gasteiger partial charge in [0, 0.05) is 42.4 Å². The predicted molar refractivity (Wildman–Crippen MR) is 116 cm³/mol. The normalized spacial score (nSPS) is 14.8. The molecule has 0 saturated carbocycles. The van der Waals surface area contributed by atoms with Crippen molar-refractivity contribution in [1.29, 1.82) is 0 Å². The fourth-order valence-corrected chi connectivity index (χ4v) is 3.98. The van der Waals surface area contributed by atoms with Crippen molar-refractivity contribution in [3.63, 3.8) is 0 Å². The minimum atomic E-state index is -0.294. The standard InChI is InChI=1S/C23H23ClN2O3/c1-15-5-6-20(24)19(13-15)22(27)25-21-4-2-3-18-17(21)7-10-26(23(18)28)14-16-8-11-29-12-9-16/h2-7,10,13,16H,8-9,11-12,14H2,1H3,(H,25,27). The molecule has 0 unspecified atom stereocenters. The smallest absolute Gasteiger partial charge is 0.258 e. The molecule has 0 bridgehead atoms. The summed E-state index contributed by atoms with van der Waals surface area (Å²) in [5.41, 5.74) is 1.92. The van der Waals surface area contributed by atoms with Crippen molar-refractivity contribution in [3.8, 4) is 0 Å². The molecule has 1 N–H and O–H groups in total. The maximum atomic E-state index is 13.0. The number of nitrogens with zero attached hydrogens (tertiary/aromatic N) is 1. The Kier molecular flexibility index (Phi) is 5.69. The number of aromatic nitrogens is 1. The van der Waals surface area contributed by atoms with Crippen LogP contribution in [-0.4, -0.2) is 23.7 Å². The molecule has 0 radical (unpaired) electrons. The lowest BCUT2D eigenvalue weighted by Gasteiger charge is -2.23. The molecule has 0 atom stereocenters. The second kappa shape index (κ2) is 8.39. The summed E-state index contributed by atoms with van der Waals surface area (Å²) < 4.78 is 7.17. The number of amides is 1. The van der Waals surface area contributed by atoms with Crippen molar-refractivity contribution in [1.82, 2.24) is 4.57 Å². The van der Waals surface area contributed by atoms with Crippen LogP contribution < -0.4 is 10.9 Å². The molecule has 2 aromatic carbocycles. The fourth-order valence-electron chi connectivity index (χ4n) is 3.78. The Morgan fingerprint density at radius 2 is 1.97 bits per heavy atom. The molecule has 150 valence electrons. The monoisotopic (exact) mass is 410 g/mol. The molecule has 1 aliphatic rings. The predicted octanol–water partition coefficient (Wildman–Crippen LogP) is 4.64. The summed E-state index contributed by atoms with van der Waals surface area (Å²) in [5.74, 6) is 0.155. The maximum absolute atomic E-state index is 13.0. The van der Waals surface area contributed by atoms with E-state index in [0.717, 1.165) is 37.0 Å². The van der Waals surface area contributed by atoms with Gasteiger partial charge >= 0.3 is 0 Å². The van der Waals surface area contributed by atoms with E-state index in [1.807, 2.05) is 25.3 Å². The molecule has 5 nitrogen and oxygen atoms in total. The Morgan fingerprint density at radius 1 is 1.17 bits per heavy atom. The average Bonchev–Trinajstić information content (AvgIpc) is 2.73. The number of anilines is 1. The van der Waals surface area contributed by atoms with E-state index in [1.165, 1.54) is 0 Å². The van der Waals surface area contributed by atoms with E-state index < -0.39 is 0 Å². The first kappa shape index (κ1) is 19.7. The molecule has 4 rings (SSSR count). The highest BCUT2D eigenvalue weighted by atomic mass is 35.5. The number of halogens is 1. The number of pyridine rings is 1. The zero-order valence-electron chi connectivity index (χ0n) is 16.3. The molecular weight excluding hydrogens is 388 g/mol. The topological polar surface area (TPSA) is 60.3 Å². The molecule has 3 aromatic rings. The van der Waals surface area contributed by atoms with E-state index in [0.29, 0.717) is 34.1 Å². The van der Waals surface area contributed by atoms with Gasteiger partial charge < -0.3 is 14.6 Å². The van der Waals surface area contributed by atoms with Crippen LogP contribution in [0.3, 0.4) is 0 Å². The van der Waals surface area contributed by atoms with Crippen LogP contribution in [0, 0.1) is 12.8 Å². The summed E-state index contributed by atoms with van der Waals surface area (Å²) >= 11 is 6.19. The number of carbonyl (C=O) groups excluding carboxylic acids is 1. The first-order valence-electron chi connectivity index (χ1n) is 9.80. The van der Waals surface area contributed by atoms with Crippen LogP contribution in [0.25, 0.3) is 10.8 Å². The van der Waals surface area contributed by atoms with Crippen LogP contribution in [0.4, 0.5) is 5.69 Å². The van der Waals surface area contributed by atoms with Crippen LogP contribution in [0.5, 0.6) is 0 Å². The lowest BCUT2D eigenvalue weighted by Crippen LogP contribution is -2.27. The lowest BCUT2D eigenvalue weighted by molar-refractivity contribution is 0.0610. The second-order valence-electron chi connectivity index (χ2n) is 7.53. The molecule has 2 heterocycles. The average molecular weight is 411 g/mol. The van der Waals surface area contributed by atoms with Crippen molar-refractivity contribution in [2.45, 2.75) is 26.3 Å². The molecule has 1 fully saturated rings. The Labute approximate surface area is 174 Å². The summed E-state index contributed by atoms with van der Waals surface area (Å²) in [5, 5.41) is 4.62. The number of fused-ring (bicyclic) bond motifs is 1. The Morgan fingerprint density at radius 3 is 2.76 bits per heavy atom. The summed E-state index contributed by atoms with van der Waals surface area (Å²) in [6.45, 7) is 4.11. The van der Waals surface area contributed by atoms with Gasteiger partial charge in [-0.25, -0.2) is 0 Å².